The van der Waals surface area contributed by atoms with Gasteiger partial charge in [0.25, 0.3) is 0 Å². The molecule has 11 aromatic rings. The summed E-state index contributed by atoms with van der Waals surface area (Å²) in [6.07, 6.45) is 0. The van der Waals surface area contributed by atoms with Gasteiger partial charge in [0.2, 0.25) is 0 Å². The van der Waals surface area contributed by atoms with Gasteiger partial charge in [0.1, 0.15) is 5.69 Å². The predicted octanol–water partition coefficient (Wildman–Crippen LogP) is 11.8. The van der Waals surface area contributed by atoms with Crippen molar-refractivity contribution in [1.29, 1.82) is 0 Å². The summed E-state index contributed by atoms with van der Waals surface area (Å²) in [6.45, 7) is 0. The molecule has 0 aliphatic rings. The minimum absolute atomic E-state index is 0.822. The Kier molecular flexibility index (Phi) is 5.63. The summed E-state index contributed by atoms with van der Waals surface area (Å²) < 4.78 is 4.77. The third-order valence-electron chi connectivity index (χ3n) is 10.3. The molecule has 11 rings (SSSR count). The van der Waals surface area contributed by atoms with Crippen LogP contribution < -0.4 is 0 Å². The van der Waals surface area contributed by atoms with Crippen molar-refractivity contribution in [3.05, 3.63) is 170 Å². The van der Waals surface area contributed by atoms with Crippen molar-refractivity contribution in [3.63, 3.8) is 0 Å². The van der Waals surface area contributed by atoms with Crippen LogP contribution in [-0.2, 0) is 0 Å². The largest absolute Gasteiger partial charge is 0.309 e. The van der Waals surface area contributed by atoms with Crippen LogP contribution in [0.2, 0.25) is 0 Å². The minimum Gasteiger partial charge on any atom is -0.309 e. The molecule has 0 atom stereocenters. The van der Waals surface area contributed by atoms with Gasteiger partial charge >= 0.3 is 0 Å². The van der Waals surface area contributed by atoms with Gasteiger partial charge in [0, 0.05) is 32.8 Å². The summed E-state index contributed by atoms with van der Waals surface area (Å²) >= 11 is 0. The molecule has 0 bridgehead atoms. The molecule has 0 aliphatic carbocycles. The second-order valence-electron chi connectivity index (χ2n) is 13.0. The fraction of sp³-hybridized carbons (Fsp3) is 0. The molecule has 232 valence electrons. The highest BCUT2D eigenvalue weighted by atomic mass is 15.1. The number of fused-ring (bicyclic) bond motifs is 10. The van der Waals surface area contributed by atoms with Crippen molar-refractivity contribution in [2.45, 2.75) is 0 Å². The number of hydrogen-bond acceptors (Lipinski definition) is 2. The summed E-state index contributed by atoms with van der Waals surface area (Å²) in [6, 6.07) is 60.7. The zero-order valence-corrected chi connectivity index (χ0v) is 27.0. The molecule has 0 N–H and O–H groups in total. The van der Waals surface area contributed by atoms with Crippen LogP contribution in [0.4, 0.5) is 0 Å². The fourth-order valence-corrected chi connectivity index (χ4v) is 8.01. The first-order valence-corrected chi connectivity index (χ1v) is 17.0. The van der Waals surface area contributed by atoms with Crippen molar-refractivity contribution < 1.29 is 0 Å². The van der Waals surface area contributed by atoms with Crippen molar-refractivity contribution in [2.75, 3.05) is 0 Å². The van der Waals surface area contributed by atoms with Gasteiger partial charge in [-0.05, 0) is 70.1 Å². The molecule has 0 radical (unpaired) electrons. The molecule has 3 aromatic heterocycles. The molecule has 4 heteroatoms. The maximum Gasteiger partial charge on any atom is 0.165 e. The summed E-state index contributed by atoms with van der Waals surface area (Å²) in [5, 5.41) is 9.70. The van der Waals surface area contributed by atoms with Crippen LogP contribution >= 0.6 is 0 Å². The average Bonchev–Trinajstić information content (AvgIpc) is 3.68. The van der Waals surface area contributed by atoms with Gasteiger partial charge in [0.05, 0.1) is 33.1 Å². The van der Waals surface area contributed by atoms with E-state index in [1.807, 2.05) is 24.3 Å². The van der Waals surface area contributed by atoms with Crippen molar-refractivity contribution in [2.24, 2.45) is 0 Å². The SMILES string of the molecule is c1ccc(-c2nc3ccccc3nc2-n2c3cc4c5ccccc5n(-c5ccc6ccccc6c5)c4cc3c3c4ccccc4ccc32)cc1. The van der Waals surface area contributed by atoms with E-state index in [-0.39, 0.29) is 0 Å². The second kappa shape index (κ2) is 10.4. The van der Waals surface area contributed by atoms with E-state index in [9.17, 15) is 0 Å². The number of hydrogen-bond donors (Lipinski definition) is 0. The van der Waals surface area contributed by atoms with E-state index in [1.54, 1.807) is 0 Å². The van der Waals surface area contributed by atoms with Crippen molar-refractivity contribution in [3.8, 4) is 22.8 Å². The lowest BCUT2D eigenvalue weighted by molar-refractivity contribution is 1.08. The van der Waals surface area contributed by atoms with E-state index in [0.29, 0.717) is 0 Å². The molecule has 0 fully saturated rings. The van der Waals surface area contributed by atoms with E-state index in [2.05, 4.69) is 155 Å². The van der Waals surface area contributed by atoms with E-state index in [4.69, 9.17) is 9.97 Å². The monoisotopic (exact) mass is 636 g/mol. The molecule has 0 saturated carbocycles. The Morgan fingerprint density at radius 3 is 1.86 bits per heavy atom. The number of nitrogens with zero attached hydrogens (tertiary/aromatic N) is 4. The maximum atomic E-state index is 5.39. The topological polar surface area (TPSA) is 35.6 Å². The van der Waals surface area contributed by atoms with Crippen LogP contribution in [0.3, 0.4) is 0 Å². The molecule has 3 heterocycles. The van der Waals surface area contributed by atoms with E-state index >= 15 is 0 Å². The molecule has 0 saturated heterocycles. The summed E-state index contributed by atoms with van der Waals surface area (Å²) in [4.78, 5) is 10.7. The predicted molar refractivity (Wildman–Crippen MR) is 209 cm³/mol. The average molecular weight is 637 g/mol. The zero-order valence-electron chi connectivity index (χ0n) is 27.0. The molecule has 0 aliphatic heterocycles. The first kappa shape index (κ1) is 27.2. The highest BCUT2D eigenvalue weighted by molar-refractivity contribution is 6.25. The van der Waals surface area contributed by atoms with Gasteiger partial charge < -0.3 is 4.57 Å². The zero-order chi connectivity index (χ0) is 32.8. The molecule has 0 unspecified atom stereocenters. The summed E-state index contributed by atoms with van der Waals surface area (Å²) in [5.74, 6) is 0.822. The Hall–Kier alpha value is -6.78. The van der Waals surface area contributed by atoms with E-state index in [1.165, 1.54) is 54.1 Å². The van der Waals surface area contributed by atoms with Crippen LogP contribution in [0.1, 0.15) is 0 Å². The molecular formula is C46H28N4. The van der Waals surface area contributed by atoms with Crippen LogP contribution in [0, 0.1) is 0 Å². The van der Waals surface area contributed by atoms with Crippen LogP contribution in [0.5, 0.6) is 0 Å². The van der Waals surface area contributed by atoms with Gasteiger partial charge in [0.15, 0.2) is 5.82 Å². The molecular weight excluding hydrogens is 609 g/mol. The lowest BCUT2D eigenvalue weighted by atomic mass is 10.0. The number of aromatic nitrogens is 4. The fourth-order valence-electron chi connectivity index (χ4n) is 8.01. The molecule has 8 aromatic carbocycles. The van der Waals surface area contributed by atoms with Gasteiger partial charge in [-0.1, -0.05) is 121 Å². The Labute approximate surface area is 287 Å². The van der Waals surface area contributed by atoms with Crippen LogP contribution in [0.15, 0.2) is 170 Å². The van der Waals surface area contributed by atoms with E-state index < -0.39 is 0 Å². The van der Waals surface area contributed by atoms with Crippen LogP contribution in [-0.4, -0.2) is 19.1 Å². The minimum atomic E-state index is 0.822. The van der Waals surface area contributed by atoms with Gasteiger partial charge in [-0.3, -0.25) is 4.57 Å². The van der Waals surface area contributed by atoms with Crippen molar-refractivity contribution in [1.82, 2.24) is 19.1 Å². The van der Waals surface area contributed by atoms with Crippen molar-refractivity contribution >= 4 is 76.2 Å². The number of rotatable bonds is 3. The third kappa shape index (κ3) is 3.87. The normalized spacial score (nSPS) is 12.0. The van der Waals surface area contributed by atoms with Gasteiger partial charge in [-0.15, -0.1) is 0 Å². The smallest absolute Gasteiger partial charge is 0.165 e. The number of para-hydroxylation sites is 3. The highest BCUT2D eigenvalue weighted by Gasteiger charge is 2.23. The summed E-state index contributed by atoms with van der Waals surface area (Å²) in [7, 11) is 0. The van der Waals surface area contributed by atoms with Gasteiger partial charge in [-0.25, -0.2) is 9.97 Å². The second-order valence-corrected chi connectivity index (χ2v) is 13.0. The molecule has 0 amide bonds. The Bertz CT molecular complexity index is 3150. The maximum absolute atomic E-state index is 5.39. The van der Waals surface area contributed by atoms with Crippen LogP contribution in [0.25, 0.3) is 99.0 Å². The standard InChI is InChI=1S/C46H28N4/c1-2-14-31(15-3-1)45-46(48-39-20-10-9-19-38(39)47-45)50-41-25-23-30-13-6-7-17-34(30)44(41)37-28-42-36(27-43(37)50)35-18-8-11-21-40(35)49(42)33-24-22-29-12-4-5-16-32(29)26-33/h1-28H. The lowest BCUT2D eigenvalue weighted by Gasteiger charge is -2.14. The first-order chi connectivity index (χ1) is 24.8. The number of benzene rings is 8. The first-order valence-electron chi connectivity index (χ1n) is 17.0. The molecule has 4 nitrogen and oxygen atoms in total. The van der Waals surface area contributed by atoms with E-state index in [0.717, 1.165) is 44.8 Å². The molecule has 0 spiro atoms. The Morgan fingerprint density at radius 2 is 1.00 bits per heavy atom. The quantitative estimate of drug-likeness (QED) is 0.193. The Balaban J connectivity index is 1.33. The lowest BCUT2D eigenvalue weighted by Crippen LogP contribution is -2.03. The molecule has 50 heavy (non-hydrogen) atoms. The third-order valence-corrected chi connectivity index (χ3v) is 10.3. The highest BCUT2D eigenvalue weighted by Crippen LogP contribution is 2.43. The Morgan fingerprint density at radius 1 is 0.360 bits per heavy atom. The van der Waals surface area contributed by atoms with Gasteiger partial charge in [-0.2, -0.15) is 0 Å². The summed E-state index contributed by atoms with van der Waals surface area (Å²) in [5.41, 5.74) is 9.35.